The Kier molecular flexibility index (Phi) is 12.8. The Hall–Kier alpha value is -3.70. The first-order valence-electron chi connectivity index (χ1n) is 14.0. The first-order valence-corrected chi connectivity index (χ1v) is 15.4. The van der Waals surface area contributed by atoms with Crippen molar-refractivity contribution in [2.45, 2.75) is 38.2 Å². The van der Waals surface area contributed by atoms with Crippen LogP contribution in [-0.4, -0.2) is 66.8 Å². The van der Waals surface area contributed by atoms with Crippen LogP contribution in [0.5, 0.6) is 5.75 Å². The number of hydrogen-bond donors (Lipinski definition) is 0. The quantitative estimate of drug-likeness (QED) is 0.111. The highest BCUT2D eigenvalue weighted by Gasteiger charge is 2.20. The van der Waals surface area contributed by atoms with Crippen molar-refractivity contribution in [3.05, 3.63) is 89.5 Å². The van der Waals surface area contributed by atoms with Gasteiger partial charge in [0, 0.05) is 12.7 Å². The standard InChI is InChI=1S/C33H41NO8S/c1-26-7-6-8-31(25-26)43(36,37)41-24-22-39-20-19-38-21-23-40-30-17-13-28(14-18-30)10-9-27-11-15-29(16-12-27)34(5)32(35)42-33(2,3)4/h6-18,25H,19-24H2,1-5H3. The molecule has 0 heterocycles. The minimum atomic E-state index is -3.79. The number of benzene rings is 3. The van der Waals surface area contributed by atoms with E-state index in [0.717, 1.165) is 28.1 Å². The second-order valence-electron chi connectivity index (χ2n) is 10.7. The Labute approximate surface area is 255 Å². The van der Waals surface area contributed by atoms with Crippen LogP contribution < -0.4 is 9.64 Å². The Morgan fingerprint density at radius 3 is 1.93 bits per heavy atom. The van der Waals surface area contributed by atoms with Gasteiger partial charge in [0.25, 0.3) is 10.1 Å². The van der Waals surface area contributed by atoms with Crippen molar-refractivity contribution >= 4 is 34.1 Å². The number of hydrogen-bond acceptors (Lipinski definition) is 8. The normalized spacial score (nSPS) is 11.9. The molecule has 0 aliphatic rings. The van der Waals surface area contributed by atoms with Gasteiger partial charge >= 0.3 is 6.09 Å². The van der Waals surface area contributed by atoms with Crippen molar-refractivity contribution in [3.8, 4) is 5.75 Å². The molecule has 10 heteroatoms. The third kappa shape index (κ3) is 12.2. The van der Waals surface area contributed by atoms with Gasteiger partial charge in [0.15, 0.2) is 0 Å². The molecule has 0 aliphatic heterocycles. The molecule has 0 fully saturated rings. The van der Waals surface area contributed by atoms with Crippen LogP contribution in [-0.2, 0) is 28.5 Å². The Bertz CT molecular complexity index is 1430. The van der Waals surface area contributed by atoms with E-state index >= 15 is 0 Å². The van der Waals surface area contributed by atoms with Crippen molar-refractivity contribution in [1.29, 1.82) is 0 Å². The third-order valence-corrected chi connectivity index (χ3v) is 7.22. The highest BCUT2D eigenvalue weighted by Crippen LogP contribution is 2.20. The van der Waals surface area contributed by atoms with E-state index in [1.807, 2.05) is 94.4 Å². The monoisotopic (exact) mass is 611 g/mol. The molecule has 0 spiro atoms. The van der Waals surface area contributed by atoms with Crippen molar-refractivity contribution in [2.75, 3.05) is 51.6 Å². The minimum absolute atomic E-state index is 0.0652. The largest absolute Gasteiger partial charge is 0.491 e. The smallest absolute Gasteiger partial charge is 0.414 e. The van der Waals surface area contributed by atoms with Gasteiger partial charge in [-0.15, -0.1) is 0 Å². The SMILES string of the molecule is Cc1cccc(S(=O)(=O)OCCOCCOCCOc2ccc(C=Cc3ccc(N(C)C(=O)OC(C)(C)C)cc3)cc2)c1. The number of rotatable bonds is 15. The van der Waals surface area contributed by atoms with Gasteiger partial charge in [-0.1, -0.05) is 48.6 Å². The Morgan fingerprint density at radius 1 is 0.791 bits per heavy atom. The van der Waals surface area contributed by atoms with Crippen LogP contribution in [0.1, 0.15) is 37.5 Å². The molecule has 0 saturated heterocycles. The van der Waals surface area contributed by atoms with Gasteiger partial charge in [-0.05, 0) is 80.8 Å². The van der Waals surface area contributed by atoms with Gasteiger partial charge in [0.05, 0.1) is 37.9 Å². The average molecular weight is 612 g/mol. The molecule has 0 bridgehead atoms. The molecule has 0 atom stereocenters. The van der Waals surface area contributed by atoms with Crippen LogP contribution >= 0.6 is 0 Å². The maximum absolute atomic E-state index is 12.3. The molecule has 0 N–H and O–H groups in total. The fourth-order valence-electron chi connectivity index (χ4n) is 3.69. The molecule has 3 aromatic carbocycles. The maximum atomic E-state index is 12.3. The number of carbonyl (C=O) groups is 1. The molecular weight excluding hydrogens is 570 g/mol. The van der Waals surface area contributed by atoms with E-state index in [1.165, 1.54) is 11.0 Å². The first-order chi connectivity index (χ1) is 20.4. The number of carbonyl (C=O) groups excluding carboxylic acids is 1. The van der Waals surface area contributed by atoms with Crippen LogP contribution in [0.15, 0.2) is 77.7 Å². The van der Waals surface area contributed by atoms with Crippen LogP contribution in [0.25, 0.3) is 12.2 Å². The number of nitrogens with zero attached hydrogens (tertiary/aromatic N) is 1. The molecule has 3 rings (SSSR count). The van der Waals surface area contributed by atoms with Crippen molar-refractivity contribution in [2.24, 2.45) is 0 Å². The molecule has 9 nitrogen and oxygen atoms in total. The summed E-state index contributed by atoms with van der Waals surface area (Å²) in [6, 6.07) is 21.9. The van der Waals surface area contributed by atoms with E-state index < -0.39 is 21.8 Å². The van der Waals surface area contributed by atoms with Crippen LogP contribution in [0.2, 0.25) is 0 Å². The minimum Gasteiger partial charge on any atom is -0.491 e. The van der Waals surface area contributed by atoms with Crippen LogP contribution in [0.3, 0.4) is 0 Å². The Morgan fingerprint density at radius 2 is 1.35 bits per heavy atom. The van der Waals surface area contributed by atoms with Crippen LogP contribution in [0.4, 0.5) is 10.5 Å². The lowest BCUT2D eigenvalue weighted by atomic mass is 10.1. The molecule has 3 aromatic rings. The highest BCUT2D eigenvalue weighted by molar-refractivity contribution is 7.86. The van der Waals surface area contributed by atoms with E-state index in [9.17, 15) is 13.2 Å². The lowest BCUT2D eigenvalue weighted by Crippen LogP contribution is -2.34. The molecule has 0 aliphatic carbocycles. The van der Waals surface area contributed by atoms with Gasteiger partial charge in [-0.25, -0.2) is 4.79 Å². The van der Waals surface area contributed by atoms with Crippen molar-refractivity contribution in [3.63, 3.8) is 0 Å². The van der Waals surface area contributed by atoms with Gasteiger partial charge in [0.1, 0.15) is 18.0 Å². The second kappa shape index (κ2) is 16.2. The molecule has 0 unspecified atom stereocenters. The fraction of sp³-hybridized carbons (Fsp3) is 0.364. The van der Waals surface area contributed by atoms with E-state index in [0.29, 0.717) is 26.4 Å². The summed E-state index contributed by atoms with van der Waals surface area (Å²) in [5, 5.41) is 0. The van der Waals surface area contributed by atoms with Crippen LogP contribution in [0, 0.1) is 6.92 Å². The number of aryl methyl sites for hydroxylation is 1. The van der Waals surface area contributed by atoms with Gasteiger partial charge in [-0.3, -0.25) is 9.08 Å². The van der Waals surface area contributed by atoms with Gasteiger partial charge in [0.2, 0.25) is 0 Å². The molecule has 43 heavy (non-hydrogen) atoms. The van der Waals surface area contributed by atoms with Gasteiger partial charge in [-0.2, -0.15) is 8.42 Å². The third-order valence-electron chi connectivity index (χ3n) is 5.91. The summed E-state index contributed by atoms with van der Waals surface area (Å²) in [6.07, 6.45) is 3.60. The van der Waals surface area contributed by atoms with E-state index in [1.54, 1.807) is 19.2 Å². The fourth-order valence-corrected chi connectivity index (χ4v) is 4.69. The zero-order valence-corrected chi connectivity index (χ0v) is 26.3. The predicted octanol–water partition coefficient (Wildman–Crippen LogP) is 6.35. The summed E-state index contributed by atoms with van der Waals surface area (Å²) in [5.41, 5.74) is 3.07. The summed E-state index contributed by atoms with van der Waals surface area (Å²) in [4.78, 5) is 13.9. The van der Waals surface area contributed by atoms with Gasteiger partial charge < -0.3 is 18.9 Å². The molecule has 0 saturated carbocycles. The lowest BCUT2D eigenvalue weighted by Gasteiger charge is -2.24. The lowest BCUT2D eigenvalue weighted by molar-refractivity contribution is 0.0279. The average Bonchev–Trinajstić information content (AvgIpc) is 2.96. The molecular formula is C33H41NO8S. The Balaban J connectivity index is 1.28. The molecule has 0 radical (unpaired) electrons. The summed E-state index contributed by atoms with van der Waals surface area (Å²) in [7, 11) is -2.10. The molecule has 0 aromatic heterocycles. The number of ether oxygens (including phenoxy) is 4. The van der Waals surface area contributed by atoms with E-state index in [4.69, 9.17) is 23.1 Å². The number of anilines is 1. The van der Waals surface area contributed by atoms with E-state index in [2.05, 4.69) is 0 Å². The van der Waals surface area contributed by atoms with Crippen molar-refractivity contribution in [1.82, 2.24) is 0 Å². The van der Waals surface area contributed by atoms with Crippen molar-refractivity contribution < 1.29 is 36.3 Å². The zero-order valence-electron chi connectivity index (χ0n) is 25.4. The molecule has 232 valence electrons. The maximum Gasteiger partial charge on any atom is 0.414 e. The highest BCUT2D eigenvalue weighted by atomic mass is 32.2. The first kappa shape index (κ1) is 33.8. The summed E-state index contributed by atoms with van der Waals surface area (Å²) in [6.45, 7) is 8.87. The summed E-state index contributed by atoms with van der Waals surface area (Å²) >= 11 is 0. The molecule has 1 amide bonds. The van der Waals surface area contributed by atoms with E-state index in [-0.39, 0.29) is 18.1 Å². The topological polar surface area (TPSA) is 101 Å². The second-order valence-corrected chi connectivity index (χ2v) is 12.3. The zero-order chi connectivity index (χ0) is 31.3. The number of amides is 1. The predicted molar refractivity (Wildman–Crippen MR) is 168 cm³/mol. The summed E-state index contributed by atoms with van der Waals surface area (Å²) in [5.74, 6) is 0.735. The summed E-state index contributed by atoms with van der Waals surface area (Å²) < 4.78 is 51.4.